The zero-order valence-electron chi connectivity index (χ0n) is 19.1. The molecule has 0 radical (unpaired) electrons. The van der Waals surface area contributed by atoms with Gasteiger partial charge in [-0.05, 0) is 68.5 Å². The molecule has 0 spiro atoms. The lowest BCUT2D eigenvalue weighted by Crippen LogP contribution is -2.28. The van der Waals surface area contributed by atoms with Gasteiger partial charge in [0.25, 0.3) is 5.56 Å². The van der Waals surface area contributed by atoms with Gasteiger partial charge in [-0.2, -0.15) is 0 Å². The van der Waals surface area contributed by atoms with Crippen LogP contribution in [0.2, 0.25) is 0 Å². The molecule has 1 unspecified atom stereocenters. The van der Waals surface area contributed by atoms with E-state index in [1.807, 2.05) is 42.5 Å². The second kappa shape index (κ2) is 9.70. The zero-order chi connectivity index (χ0) is 23.5. The Morgan fingerprint density at radius 3 is 2.55 bits per heavy atom. The number of thioether (sulfide) groups is 1. The normalized spacial score (nSPS) is 13.4. The van der Waals surface area contributed by atoms with Crippen LogP contribution in [0.5, 0.6) is 0 Å². The van der Waals surface area contributed by atoms with Crippen molar-refractivity contribution >= 4 is 35.0 Å². The summed E-state index contributed by atoms with van der Waals surface area (Å²) >= 11 is 1.24. The predicted molar refractivity (Wildman–Crippen MR) is 133 cm³/mol. The van der Waals surface area contributed by atoms with E-state index in [-0.39, 0.29) is 28.8 Å². The number of hydrogen-bond acceptors (Lipinski definition) is 4. The van der Waals surface area contributed by atoms with Crippen LogP contribution in [0.15, 0.2) is 53.3 Å². The van der Waals surface area contributed by atoms with Crippen LogP contribution < -0.4 is 16.2 Å². The van der Waals surface area contributed by atoms with Gasteiger partial charge in [0, 0.05) is 12.7 Å². The van der Waals surface area contributed by atoms with Gasteiger partial charge >= 0.3 is 0 Å². The zero-order valence-corrected chi connectivity index (χ0v) is 19.9. The quantitative estimate of drug-likeness (QED) is 0.559. The van der Waals surface area contributed by atoms with Crippen LogP contribution in [0.4, 0.5) is 11.4 Å². The van der Waals surface area contributed by atoms with Crippen LogP contribution in [0, 0.1) is 6.92 Å². The number of anilines is 2. The average molecular weight is 465 g/mol. The van der Waals surface area contributed by atoms with Gasteiger partial charge in [-0.1, -0.05) is 24.3 Å². The summed E-state index contributed by atoms with van der Waals surface area (Å²) in [4.78, 5) is 38.1. The van der Waals surface area contributed by atoms with Gasteiger partial charge in [0.15, 0.2) is 0 Å². The molecule has 3 aromatic rings. The first-order valence-corrected chi connectivity index (χ1v) is 12.1. The lowest BCUT2D eigenvalue weighted by atomic mass is 10.1. The minimum absolute atomic E-state index is 0.147. The number of aromatic nitrogens is 2. The highest BCUT2D eigenvalue weighted by molar-refractivity contribution is 8.01. The number of nitrogens with zero attached hydrogens (tertiary/aromatic N) is 2. The Hall–Kier alpha value is -3.26. The summed E-state index contributed by atoms with van der Waals surface area (Å²) in [5, 5.41) is 5.18. The maximum atomic E-state index is 13.0. The third-order valence-corrected chi connectivity index (χ3v) is 7.16. The van der Waals surface area contributed by atoms with Crippen molar-refractivity contribution in [1.29, 1.82) is 0 Å². The largest absolute Gasteiger partial charge is 0.325 e. The summed E-state index contributed by atoms with van der Waals surface area (Å²) in [6, 6.07) is 15.3. The monoisotopic (exact) mass is 464 g/mol. The molecular weight excluding hydrogens is 436 g/mol. The number of benzene rings is 2. The molecular formula is C25H28N4O3S. The van der Waals surface area contributed by atoms with Gasteiger partial charge in [-0.15, -0.1) is 11.8 Å². The molecule has 1 atom stereocenters. The molecule has 0 fully saturated rings. The molecule has 2 amide bonds. The number of amides is 2. The van der Waals surface area contributed by atoms with E-state index in [0.29, 0.717) is 5.69 Å². The highest BCUT2D eigenvalue weighted by Gasteiger charge is 2.22. The second-order valence-electron chi connectivity index (χ2n) is 8.26. The van der Waals surface area contributed by atoms with Crippen molar-refractivity contribution in [2.75, 3.05) is 16.4 Å². The molecule has 1 aliphatic carbocycles. The maximum absolute atomic E-state index is 13.0. The van der Waals surface area contributed by atoms with Crippen LogP contribution >= 0.6 is 11.8 Å². The number of hydrogen-bond donors (Lipinski definition) is 2. The van der Waals surface area contributed by atoms with E-state index in [0.717, 1.165) is 30.6 Å². The second-order valence-corrected chi connectivity index (χ2v) is 9.59. The fourth-order valence-corrected chi connectivity index (χ4v) is 4.74. The van der Waals surface area contributed by atoms with Gasteiger partial charge in [-0.25, -0.2) is 4.68 Å². The first-order chi connectivity index (χ1) is 15.8. The summed E-state index contributed by atoms with van der Waals surface area (Å²) in [6.45, 7) is 3.52. The minimum atomic E-state index is -0.500. The minimum Gasteiger partial charge on any atom is -0.325 e. The average Bonchev–Trinajstić information content (AvgIpc) is 3.36. The lowest BCUT2D eigenvalue weighted by molar-refractivity contribution is -0.115. The van der Waals surface area contributed by atoms with Crippen LogP contribution in [0.3, 0.4) is 0 Å². The SMILES string of the molecule is Cc1c(NC(=O)C(C)SCC(=O)Nc2ccc3c(c2)CCC3)c(=O)n(-c2ccccc2)n1C. The highest BCUT2D eigenvalue weighted by atomic mass is 32.2. The van der Waals surface area contributed by atoms with E-state index >= 15 is 0 Å². The predicted octanol–water partition coefficient (Wildman–Crippen LogP) is 3.67. The summed E-state index contributed by atoms with van der Waals surface area (Å²) in [7, 11) is 1.78. The van der Waals surface area contributed by atoms with Gasteiger partial charge in [0.1, 0.15) is 5.69 Å². The Labute approximate surface area is 197 Å². The molecule has 7 nitrogen and oxygen atoms in total. The highest BCUT2D eigenvalue weighted by Crippen LogP contribution is 2.25. The van der Waals surface area contributed by atoms with E-state index in [1.165, 1.54) is 27.6 Å². The molecule has 1 aromatic heterocycles. The van der Waals surface area contributed by atoms with Crippen molar-refractivity contribution in [1.82, 2.24) is 9.36 Å². The maximum Gasteiger partial charge on any atom is 0.295 e. The Morgan fingerprint density at radius 1 is 1.06 bits per heavy atom. The molecule has 33 heavy (non-hydrogen) atoms. The Balaban J connectivity index is 1.36. The Bertz CT molecular complexity index is 1250. The smallest absolute Gasteiger partial charge is 0.295 e. The molecule has 8 heteroatoms. The Kier molecular flexibility index (Phi) is 6.74. The molecule has 1 aliphatic rings. The molecule has 0 saturated heterocycles. The lowest BCUT2D eigenvalue weighted by Gasteiger charge is -2.12. The van der Waals surface area contributed by atoms with Gasteiger partial charge in [0.2, 0.25) is 11.8 Å². The van der Waals surface area contributed by atoms with Gasteiger partial charge < -0.3 is 10.6 Å². The third kappa shape index (κ3) is 4.90. The van der Waals surface area contributed by atoms with E-state index in [1.54, 1.807) is 25.6 Å². The van der Waals surface area contributed by atoms with Crippen molar-refractivity contribution < 1.29 is 9.59 Å². The number of rotatable bonds is 7. The molecule has 4 rings (SSSR count). The summed E-state index contributed by atoms with van der Waals surface area (Å²) < 4.78 is 3.24. The number of para-hydroxylation sites is 1. The molecule has 2 N–H and O–H groups in total. The van der Waals surface area contributed by atoms with Crippen molar-refractivity contribution in [2.45, 2.75) is 38.4 Å². The van der Waals surface area contributed by atoms with Gasteiger partial charge in [0.05, 0.1) is 22.4 Å². The van der Waals surface area contributed by atoms with Crippen LogP contribution in [-0.2, 0) is 29.5 Å². The standard InChI is InChI=1S/C25H28N4O3S/c1-16-23(25(32)29(28(16)3)21-10-5-4-6-11-21)27-24(31)17(2)33-15-22(30)26-20-13-12-18-8-7-9-19(18)14-20/h4-6,10-14,17H,7-9,15H2,1-3H3,(H,26,30)(H,27,31). The first-order valence-electron chi connectivity index (χ1n) is 11.0. The van der Waals surface area contributed by atoms with Crippen molar-refractivity contribution in [3.63, 3.8) is 0 Å². The summed E-state index contributed by atoms with van der Waals surface area (Å²) in [6.07, 6.45) is 3.31. The number of nitrogens with one attached hydrogen (secondary N) is 2. The summed E-state index contributed by atoms with van der Waals surface area (Å²) in [5.41, 5.74) is 4.79. The fraction of sp³-hybridized carbons (Fsp3) is 0.320. The van der Waals surface area contributed by atoms with Crippen LogP contribution in [-0.4, -0.2) is 32.2 Å². The van der Waals surface area contributed by atoms with Crippen molar-refractivity contribution in [3.8, 4) is 5.69 Å². The van der Waals surface area contributed by atoms with Crippen molar-refractivity contribution in [3.05, 3.63) is 75.7 Å². The summed E-state index contributed by atoms with van der Waals surface area (Å²) in [5.74, 6) is -0.315. The van der Waals surface area contributed by atoms with E-state index < -0.39 is 5.25 Å². The molecule has 172 valence electrons. The van der Waals surface area contributed by atoms with Crippen LogP contribution in [0.1, 0.15) is 30.2 Å². The molecule has 0 aliphatic heterocycles. The van der Waals surface area contributed by atoms with Crippen molar-refractivity contribution in [2.24, 2.45) is 7.05 Å². The molecule has 0 saturated carbocycles. The third-order valence-electron chi connectivity index (χ3n) is 6.02. The topological polar surface area (TPSA) is 85.1 Å². The molecule has 1 heterocycles. The first kappa shape index (κ1) is 22.9. The molecule has 0 bridgehead atoms. The number of carbonyl (C=O) groups is 2. The number of carbonyl (C=O) groups excluding carboxylic acids is 2. The van der Waals surface area contributed by atoms with Crippen LogP contribution in [0.25, 0.3) is 5.69 Å². The van der Waals surface area contributed by atoms with E-state index in [4.69, 9.17) is 0 Å². The number of aryl methyl sites for hydroxylation is 2. The molecule has 2 aromatic carbocycles. The van der Waals surface area contributed by atoms with E-state index in [9.17, 15) is 14.4 Å². The van der Waals surface area contributed by atoms with E-state index in [2.05, 4.69) is 16.7 Å². The fourth-order valence-electron chi connectivity index (χ4n) is 4.06. The van der Waals surface area contributed by atoms with Gasteiger partial charge in [-0.3, -0.25) is 19.1 Å². The Morgan fingerprint density at radius 2 is 1.79 bits per heavy atom. The number of fused-ring (bicyclic) bond motifs is 1.